The molecular formula is C30H29N5. The average molecular weight is 460 g/mol. The molecule has 35 heavy (non-hydrogen) atoms. The second kappa shape index (κ2) is 8.39. The van der Waals surface area contributed by atoms with Gasteiger partial charge in [0.05, 0.1) is 40.8 Å². The van der Waals surface area contributed by atoms with Crippen LogP contribution in [0, 0.1) is 16.7 Å². The standard InChI is InChI=1S/C30H29N5/c1-30(13-4-3-5-14-30)20-35-15-12-25-27(35)19-32-29(28(25)22-8-6-21(17-31)7-9-22)23-10-11-26-24(16-23)18-33-34(26)2/h6-12,15-16,18-19H,3-5,13-14,20H2,1-2H3. The monoisotopic (exact) mass is 459 g/mol. The summed E-state index contributed by atoms with van der Waals surface area (Å²) >= 11 is 0. The van der Waals surface area contributed by atoms with Crippen LogP contribution in [0.5, 0.6) is 0 Å². The van der Waals surface area contributed by atoms with Gasteiger partial charge in [-0.3, -0.25) is 9.67 Å². The van der Waals surface area contributed by atoms with E-state index in [1.165, 1.54) is 43.0 Å². The van der Waals surface area contributed by atoms with Gasteiger partial charge in [0, 0.05) is 41.7 Å². The molecule has 0 atom stereocenters. The Bertz CT molecular complexity index is 1570. The van der Waals surface area contributed by atoms with Crippen LogP contribution in [0.1, 0.15) is 44.6 Å². The van der Waals surface area contributed by atoms with Crippen molar-refractivity contribution in [3.8, 4) is 28.5 Å². The molecule has 5 aromatic rings. The van der Waals surface area contributed by atoms with E-state index in [0.717, 1.165) is 39.8 Å². The molecule has 0 radical (unpaired) electrons. The van der Waals surface area contributed by atoms with Crippen molar-refractivity contribution in [3.63, 3.8) is 0 Å². The van der Waals surface area contributed by atoms with E-state index in [1.54, 1.807) is 0 Å². The molecule has 0 spiro atoms. The summed E-state index contributed by atoms with van der Waals surface area (Å²) in [5, 5.41) is 16.0. The molecule has 174 valence electrons. The van der Waals surface area contributed by atoms with E-state index in [1.807, 2.05) is 48.4 Å². The fourth-order valence-corrected chi connectivity index (χ4v) is 5.80. The van der Waals surface area contributed by atoms with E-state index in [4.69, 9.17) is 4.98 Å². The van der Waals surface area contributed by atoms with Gasteiger partial charge in [-0.25, -0.2) is 0 Å². The first-order valence-corrected chi connectivity index (χ1v) is 12.5. The summed E-state index contributed by atoms with van der Waals surface area (Å²) in [6.07, 6.45) is 12.7. The minimum Gasteiger partial charge on any atom is -0.346 e. The maximum atomic E-state index is 9.32. The molecule has 0 unspecified atom stereocenters. The van der Waals surface area contributed by atoms with Gasteiger partial charge >= 0.3 is 0 Å². The van der Waals surface area contributed by atoms with Gasteiger partial charge in [-0.15, -0.1) is 0 Å². The lowest BCUT2D eigenvalue weighted by atomic mass is 9.75. The fourth-order valence-electron chi connectivity index (χ4n) is 5.80. The van der Waals surface area contributed by atoms with Crippen LogP contribution in [0.4, 0.5) is 0 Å². The topological polar surface area (TPSA) is 59.4 Å². The quantitative estimate of drug-likeness (QED) is 0.288. The summed E-state index contributed by atoms with van der Waals surface area (Å²) in [5.41, 5.74) is 7.48. The number of nitriles is 1. The van der Waals surface area contributed by atoms with Crippen molar-refractivity contribution < 1.29 is 0 Å². The van der Waals surface area contributed by atoms with Gasteiger partial charge in [0.25, 0.3) is 0 Å². The smallest absolute Gasteiger partial charge is 0.0991 e. The van der Waals surface area contributed by atoms with Gasteiger partial charge < -0.3 is 4.57 Å². The van der Waals surface area contributed by atoms with Gasteiger partial charge in [-0.1, -0.05) is 44.4 Å². The highest BCUT2D eigenvalue weighted by Crippen LogP contribution is 2.41. The molecule has 0 amide bonds. The Balaban J connectivity index is 1.53. The van der Waals surface area contributed by atoms with E-state index in [0.29, 0.717) is 11.0 Å². The van der Waals surface area contributed by atoms with Crippen LogP contribution in [-0.4, -0.2) is 19.3 Å². The normalized spacial score (nSPS) is 15.5. The van der Waals surface area contributed by atoms with Crippen molar-refractivity contribution in [3.05, 3.63) is 72.7 Å². The Kier molecular flexibility index (Phi) is 5.18. The predicted octanol–water partition coefficient (Wildman–Crippen LogP) is 7.10. The molecule has 5 nitrogen and oxygen atoms in total. The first kappa shape index (κ1) is 21.6. The first-order valence-electron chi connectivity index (χ1n) is 12.5. The first-order chi connectivity index (χ1) is 17.0. The van der Waals surface area contributed by atoms with Crippen molar-refractivity contribution in [1.29, 1.82) is 5.26 Å². The van der Waals surface area contributed by atoms with Crippen LogP contribution in [0.25, 0.3) is 44.2 Å². The molecule has 2 aromatic carbocycles. The Morgan fingerprint density at radius 3 is 2.49 bits per heavy atom. The molecule has 3 heterocycles. The van der Waals surface area contributed by atoms with Crippen LogP contribution in [0.15, 0.2) is 67.1 Å². The Labute approximate surface area is 205 Å². The zero-order chi connectivity index (χ0) is 24.0. The minimum absolute atomic E-state index is 0.336. The third-order valence-electron chi connectivity index (χ3n) is 7.76. The molecule has 0 bridgehead atoms. The summed E-state index contributed by atoms with van der Waals surface area (Å²) < 4.78 is 4.29. The number of aromatic nitrogens is 4. The number of benzene rings is 2. The zero-order valence-corrected chi connectivity index (χ0v) is 20.3. The summed E-state index contributed by atoms with van der Waals surface area (Å²) in [6, 6.07) is 18.8. The summed E-state index contributed by atoms with van der Waals surface area (Å²) in [5.74, 6) is 0. The maximum Gasteiger partial charge on any atom is 0.0991 e. The minimum atomic E-state index is 0.336. The highest BCUT2D eigenvalue weighted by molar-refractivity contribution is 6.02. The number of hydrogen-bond acceptors (Lipinski definition) is 3. The lowest BCUT2D eigenvalue weighted by Gasteiger charge is -2.34. The Hall–Kier alpha value is -3.91. The van der Waals surface area contributed by atoms with Crippen molar-refractivity contribution in [2.75, 3.05) is 0 Å². The van der Waals surface area contributed by atoms with E-state index in [2.05, 4.69) is 53.1 Å². The number of hydrogen-bond donors (Lipinski definition) is 0. The van der Waals surface area contributed by atoms with E-state index < -0.39 is 0 Å². The van der Waals surface area contributed by atoms with Gasteiger partial charge in [0.15, 0.2) is 0 Å². The van der Waals surface area contributed by atoms with Crippen molar-refractivity contribution in [1.82, 2.24) is 19.3 Å². The van der Waals surface area contributed by atoms with Crippen LogP contribution in [0.3, 0.4) is 0 Å². The number of fused-ring (bicyclic) bond motifs is 2. The lowest BCUT2D eigenvalue weighted by Crippen LogP contribution is -2.25. The van der Waals surface area contributed by atoms with Crippen LogP contribution in [0.2, 0.25) is 0 Å². The zero-order valence-electron chi connectivity index (χ0n) is 20.3. The van der Waals surface area contributed by atoms with Gasteiger partial charge in [-0.05, 0) is 54.2 Å². The SMILES string of the molecule is Cn1ncc2cc(-c3ncc4c(ccn4CC4(C)CCCCC4)c3-c3ccc(C#N)cc3)ccc21. The van der Waals surface area contributed by atoms with E-state index >= 15 is 0 Å². The largest absolute Gasteiger partial charge is 0.346 e. The van der Waals surface area contributed by atoms with Crippen LogP contribution >= 0.6 is 0 Å². The summed E-state index contributed by atoms with van der Waals surface area (Å²) in [4.78, 5) is 5.05. The molecule has 0 saturated heterocycles. The molecular weight excluding hydrogens is 430 g/mol. The van der Waals surface area contributed by atoms with Gasteiger partial charge in [0.2, 0.25) is 0 Å². The molecule has 3 aromatic heterocycles. The van der Waals surface area contributed by atoms with Crippen molar-refractivity contribution in [2.45, 2.75) is 45.6 Å². The fraction of sp³-hybridized carbons (Fsp3) is 0.300. The average Bonchev–Trinajstić information content (AvgIpc) is 3.46. The summed E-state index contributed by atoms with van der Waals surface area (Å²) in [7, 11) is 1.96. The van der Waals surface area contributed by atoms with Crippen molar-refractivity contribution >= 4 is 21.8 Å². The van der Waals surface area contributed by atoms with Crippen LogP contribution < -0.4 is 0 Å². The second-order valence-corrected chi connectivity index (χ2v) is 10.3. The van der Waals surface area contributed by atoms with E-state index in [9.17, 15) is 5.26 Å². The third kappa shape index (κ3) is 3.80. The molecule has 1 aliphatic rings. The maximum absolute atomic E-state index is 9.32. The molecule has 6 rings (SSSR count). The molecule has 0 N–H and O–H groups in total. The van der Waals surface area contributed by atoms with E-state index in [-0.39, 0.29) is 0 Å². The summed E-state index contributed by atoms with van der Waals surface area (Å²) in [6.45, 7) is 3.45. The molecule has 1 saturated carbocycles. The van der Waals surface area contributed by atoms with Crippen molar-refractivity contribution in [2.24, 2.45) is 12.5 Å². The predicted molar refractivity (Wildman–Crippen MR) is 141 cm³/mol. The second-order valence-electron chi connectivity index (χ2n) is 10.3. The lowest BCUT2D eigenvalue weighted by molar-refractivity contribution is 0.185. The number of aryl methyl sites for hydroxylation is 1. The Morgan fingerprint density at radius 2 is 1.71 bits per heavy atom. The van der Waals surface area contributed by atoms with Crippen LogP contribution in [-0.2, 0) is 13.6 Å². The highest BCUT2D eigenvalue weighted by Gasteiger charge is 2.28. The number of rotatable bonds is 4. The molecule has 1 aliphatic carbocycles. The third-order valence-corrected chi connectivity index (χ3v) is 7.76. The Morgan fingerprint density at radius 1 is 0.943 bits per heavy atom. The number of pyridine rings is 1. The van der Waals surface area contributed by atoms with Gasteiger partial charge in [0.1, 0.15) is 0 Å². The van der Waals surface area contributed by atoms with Gasteiger partial charge in [-0.2, -0.15) is 10.4 Å². The molecule has 5 heteroatoms. The number of nitrogens with zero attached hydrogens (tertiary/aromatic N) is 5. The molecule has 1 fully saturated rings. The molecule has 0 aliphatic heterocycles. The highest BCUT2D eigenvalue weighted by atomic mass is 15.2.